The summed E-state index contributed by atoms with van der Waals surface area (Å²) in [6, 6.07) is 10.00. The number of aliphatic hydroxyl groups is 1. The Kier molecular flexibility index (Phi) is 3.41. The lowest BCUT2D eigenvalue weighted by Gasteiger charge is -2.25. The van der Waals surface area contributed by atoms with E-state index < -0.39 is 17.2 Å². The molecule has 0 aromatic heterocycles. The molecule has 4 heteroatoms. The minimum absolute atomic E-state index is 0.177. The molecule has 0 spiro atoms. The Labute approximate surface area is 122 Å². The number of halogens is 2. The number of hydrogen-bond donors (Lipinski definition) is 1. The standard InChI is InChI=1S/C17H16F2O2/c1-17(20,12-8-13(18)10-14(19)9-12)11-2-4-15(5-3-11)21-16-6-7-16/h2-5,8-10,16,20H,6-7H2,1H3. The van der Waals surface area contributed by atoms with Gasteiger partial charge >= 0.3 is 0 Å². The Morgan fingerprint density at radius 1 is 1.00 bits per heavy atom. The van der Waals surface area contributed by atoms with Crippen LogP contribution in [0.5, 0.6) is 5.75 Å². The van der Waals surface area contributed by atoms with Crippen LogP contribution >= 0.6 is 0 Å². The summed E-state index contributed by atoms with van der Waals surface area (Å²) in [5.41, 5.74) is -0.743. The van der Waals surface area contributed by atoms with E-state index in [1.54, 1.807) is 24.3 Å². The Morgan fingerprint density at radius 3 is 2.10 bits per heavy atom. The molecule has 1 N–H and O–H groups in total. The van der Waals surface area contributed by atoms with Crippen molar-refractivity contribution in [1.29, 1.82) is 0 Å². The van der Waals surface area contributed by atoms with Crippen LogP contribution in [0.15, 0.2) is 42.5 Å². The van der Waals surface area contributed by atoms with Gasteiger partial charge in [0.15, 0.2) is 0 Å². The molecule has 1 atom stereocenters. The van der Waals surface area contributed by atoms with E-state index in [1.165, 1.54) is 6.92 Å². The minimum atomic E-state index is -1.47. The number of ether oxygens (including phenoxy) is 1. The first-order valence-corrected chi connectivity index (χ1v) is 6.91. The van der Waals surface area contributed by atoms with E-state index in [-0.39, 0.29) is 5.56 Å². The molecule has 1 aliphatic rings. The molecule has 2 nitrogen and oxygen atoms in total. The lowest BCUT2D eigenvalue weighted by molar-refractivity contribution is 0.101. The second-order valence-corrected chi connectivity index (χ2v) is 5.57. The van der Waals surface area contributed by atoms with Crippen molar-refractivity contribution in [2.45, 2.75) is 31.5 Å². The highest BCUT2D eigenvalue weighted by Gasteiger charge is 2.27. The van der Waals surface area contributed by atoms with Crippen LogP contribution in [-0.2, 0) is 5.60 Å². The second kappa shape index (κ2) is 5.11. The Hall–Kier alpha value is -1.94. The first-order chi connectivity index (χ1) is 9.95. The molecule has 1 aliphatic carbocycles. The molecule has 0 radical (unpaired) electrons. The van der Waals surface area contributed by atoms with Gasteiger partial charge < -0.3 is 9.84 Å². The fourth-order valence-corrected chi connectivity index (χ4v) is 2.24. The van der Waals surface area contributed by atoms with E-state index in [1.807, 2.05) is 0 Å². The molecule has 1 unspecified atom stereocenters. The normalized spacial score (nSPS) is 17.3. The molecule has 0 bridgehead atoms. The van der Waals surface area contributed by atoms with Crippen molar-refractivity contribution in [1.82, 2.24) is 0 Å². The fourth-order valence-electron chi connectivity index (χ4n) is 2.24. The first kappa shape index (κ1) is 14.0. The van der Waals surface area contributed by atoms with E-state index >= 15 is 0 Å². The molecule has 1 saturated carbocycles. The Balaban J connectivity index is 1.88. The van der Waals surface area contributed by atoms with Crippen molar-refractivity contribution in [3.8, 4) is 5.75 Å². The summed E-state index contributed by atoms with van der Waals surface area (Å²) in [5.74, 6) is -0.680. The molecule has 2 aromatic carbocycles. The zero-order chi connectivity index (χ0) is 15.0. The molecule has 0 heterocycles. The molecule has 21 heavy (non-hydrogen) atoms. The highest BCUT2D eigenvalue weighted by Crippen LogP contribution is 2.32. The third-order valence-electron chi connectivity index (χ3n) is 3.67. The van der Waals surface area contributed by atoms with Crippen LogP contribution in [0.4, 0.5) is 8.78 Å². The van der Waals surface area contributed by atoms with Gasteiger partial charge in [0.2, 0.25) is 0 Å². The summed E-state index contributed by atoms with van der Waals surface area (Å²) < 4.78 is 32.3. The molecule has 1 fully saturated rings. The number of rotatable bonds is 4. The van der Waals surface area contributed by atoms with Crippen LogP contribution in [0.3, 0.4) is 0 Å². The van der Waals surface area contributed by atoms with Gasteiger partial charge in [0.1, 0.15) is 23.0 Å². The summed E-state index contributed by atoms with van der Waals surface area (Å²) in [4.78, 5) is 0. The molecule has 0 saturated heterocycles. The van der Waals surface area contributed by atoms with E-state index in [0.717, 1.165) is 36.8 Å². The zero-order valence-electron chi connectivity index (χ0n) is 11.6. The summed E-state index contributed by atoms with van der Waals surface area (Å²) in [6.45, 7) is 1.51. The highest BCUT2D eigenvalue weighted by atomic mass is 19.1. The van der Waals surface area contributed by atoms with Crippen LogP contribution in [0, 0.1) is 11.6 Å². The smallest absolute Gasteiger partial charge is 0.126 e. The van der Waals surface area contributed by atoms with Crippen molar-refractivity contribution in [3.63, 3.8) is 0 Å². The molecule has 2 aromatic rings. The second-order valence-electron chi connectivity index (χ2n) is 5.57. The molecule has 0 amide bonds. The van der Waals surface area contributed by atoms with Gasteiger partial charge in [-0.3, -0.25) is 0 Å². The van der Waals surface area contributed by atoms with Crippen LogP contribution in [0.25, 0.3) is 0 Å². The zero-order valence-corrected chi connectivity index (χ0v) is 11.6. The lowest BCUT2D eigenvalue weighted by Crippen LogP contribution is -2.23. The Bertz CT molecular complexity index is 626. The average molecular weight is 290 g/mol. The monoisotopic (exact) mass is 290 g/mol. The average Bonchev–Trinajstić information content (AvgIpc) is 3.22. The third-order valence-corrected chi connectivity index (χ3v) is 3.67. The van der Waals surface area contributed by atoms with Crippen LogP contribution < -0.4 is 4.74 Å². The van der Waals surface area contributed by atoms with E-state index in [4.69, 9.17) is 4.74 Å². The van der Waals surface area contributed by atoms with Gasteiger partial charge in [-0.1, -0.05) is 12.1 Å². The summed E-state index contributed by atoms with van der Waals surface area (Å²) in [5, 5.41) is 10.6. The maximum absolute atomic E-state index is 13.3. The van der Waals surface area contributed by atoms with E-state index in [0.29, 0.717) is 11.7 Å². The highest BCUT2D eigenvalue weighted by molar-refractivity contribution is 5.38. The van der Waals surface area contributed by atoms with Crippen LogP contribution in [-0.4, -0.2) is 11.2 Å². The van der Waals surface area contributed by atoms with Gasteiger partial charge in [-0.2, -0.15) is 0 Å². The van der Waals surface area contributed by atoms with Crippen molar-refractivity contribution >= 4 is 0 Å². The molecular weight excluding hydrogens is 274 g/mol. The van der Waals surface area contributed by atoms with E-state index in [2.05, 4.69) is 0 Å². The van der Waals surface area contributed by atoms with Gasteiger partial charge in [-0.05, 0) is 55.2 Å². The largest absolute Gasteiger partial charge is 0.490 e. The van der Waals surface area contributed by atoms with Crippen molar-refractivity contribution < 1.29 is 18.6 Å². The summed E-state index contributed by atoms with van der Waals surface area (Å²) >= 11 is 0. The molecule has 110 valence electrons. The SMILES string of the molecule is CC(O)(c1ccc(OC2CC2)cc1)c1cc(F)cc(F)c1. The van der Waals surface area contributed by atoms with Crippen molar-refractivity contribution in [3.05, 3.63) is 65.2 Å². The van der Waals surface area contributed by atoms with E-state index in [9.17, 15) is 13.9 Å². The fraction of sp³-hybridized carbons (Fsp3) is 0.294. The Morgan fingerprint density at radius 2 is 1.57 bits per heavy atom. The molecular formula is C17H16F2O2. The van der Waals surface area contributed by atoms with Gasteiger partial charge in [-0.25, -0.2) is 8.78 Å². The molecule has 3 rings (SSSR count). The van der Waals surface area contributed by atoms with Crippen LogP contribution in [0.2, 0.25) is 0 Å². The van der Waals surface area contributed by atoms with Crippen molar-refractivity contribution in [2.24, 2.45) is 0 Å². The topological polar surface area (TPSA) is 29.5 Å². The number of hydrogen-bond acceptors (Lipinski definition) is 2. The van der Waals surface area contributed by atoms with Gasteiger partial charge in [-0.15, -0.1) is 0 Å². The third kappa shape index (κ3) is 3.05. The summed E-state index contributed by atoms with van der Waals surface area (Å²) in [6.07, 6.45) is 2.44. The maximum Gasteiger partial charge on any atom is 0.126 e. The number of benzene rings is 2. The first-order valence-electron chi connectivity index (χ1n) is 6.91. The predicted octanol–water partition coefficient (Wildman–Crippen LogP) is 3.76. The van der Waals surface area contributed by atoms with Crippen LogP contribution in [0.1, 0.15) is 30.9 Å². The molecule has 0 aliphatic heterocycles. The summed E-state index contributed by atoms with van der Waals surface area (Å²) in [7, 11) is 0. The predicted molar refractivity (Wildman–Crippen MR) is 75.1 cm³/mol. The minimum Gasteiger partial charge on any atom is -0.490 e. The van der Waals surface area contributed by atoms with Gasteiger partial charge in [0.05, 0.1) is 6.10 Å². The maximum atomic E-state index is 13.3. The van der Waals surface area contributed by atoms with Gasteiger partial charge in [0.25, 0.3) is 0 Å². The lowest BCUT2D eigenvalue weighted by atomic mass is 9.88. The van der Waals surface area contributed by atoms with Gasteiger partial charge in [0, 0.05) is 6.07 Å². The van der Waals surface area contributed by atoms with Crippen molar-refractivity contribution in [2.75, 3.05) is 0 Å². The quantitative estimate of drug-likeness (QED) is 0.929.